The van der Waals surface area contributed by atoms with Gasteiger partial charge in [0.25, 0.3) is 0 Å². The molecule has 1 aromatic heterocycles. The minimum absolute atomic E-state index is 0.0491. The monoisotopic (exact) mass is 381 g/mol. The summed E-state index contributed by atoms with van der Waals surface area (Å²) < 4.78 is 5.24. The van der Waals surface area contributed by atoms with E-state index in [1.165, 1.54) is 0 Å². The largest absolute Gasteiger partial charge is 0.497 e. The number of ether oxygens (including phenoxy) is 1. The van der Waals surface area contributed by atoms with Crippen molar-refractivity contribution in [2.24, 2.45) is 0 Å². The van der Waals surface area contributed by atoms with E-state index in [9.17, 15) is 4.79 Å². The molecule has 0 saturated carbocycles. The van der Waals surface area contributed by atoms with Gasteiger partial charge in [0.15, 0.2) is 0 Å². The standard InChI is InChI=1S/C21H23N3O2S/c1-15-22-20(14-27-15)17-7-5-8-18(11-17)23-21(25)13-24(2)12-16-6-4-9-19(10-16)26-3/h4-11,14H,12-13H2,1-3H3,(H,23,25). The second-order valence-corrected chi connectivity index (χ2v) is 7.47. The smallest absolute Gasteiger partial charge is 0.238 e. The number of nitrogens with zero attached hydrogens (tertiary/aromatic N) is 2. The van der Waals surface area contributed by atoms with E-state index in [4.69, 9.17) is 4.74 Å². The average molecular weight is 382 g/mol. The predicted molar refractivity (Wildman–Crippen MR) is 110 cm³/mol. The van der Waals surface area contributed by atoms with Crippen LogP contribution in [-0.2, 0) is 11.3 Å². The van der Waals surface area contributed by atoms with Crippen LogP contribution in [0.1, 0.15) is 10.6 Å². The third kappa shape index (κ3) is 5.39. The summed E-state index contributed by atoms with van der Waals surface area (Å²) in [5.74, 6) is 0.770. The van der Waals surface area contributed by atoms with Crippen LogP contribution in [0.4, 0.5) is 5.69 Å². The number of aromatic nitrogens is 1. The Morgan fingerprint density at radius 2 is 2.04 bits per heavy atom. The van der Waals surface area contributed by atoms with E-state index in [0.29, 0.717) is 13.1 Å². The number of aryl methyl sites for hydroxylation is 1. The van der Waals surface area contributed by atoms with Gasteiger partial charge in [0.05, 0.1) is 24.4 Å². The molecular weight excluding hydrogens is 358 g/mol. The van der Waals surface area contributed by atoms with Gasteiger partial charge in [-0.15, -0.1) is 11.3 Å². The summed E-state index contributed by atoms with van der Waals surface area (Å²) in [5, 5.41) is 6.02. The maximum Gasteiger partial charge on any atom is 0.238 e. The molecule has 140 valence electrons. The van der Waals surface area contributed by atoms with Crippen LogP contribution in [0, 0.1) is 6.92 Å². The first kappa shape index (κ1) is 19.1. The summed E-state index contributed by atoms with van der Waals surface area (Å²) in [6, 6.07) is 15.6. The SMILES string of the molecule is COc1cccc(CN(C)CC(=O)Nc2cccc(-c3csc(C)n3)c2)c1. The highest BCUT2D eigenvalue weighted by Crippen LogP contribution is 2.24. The number of carbonyl (C=O) groups excluding carboxylic acids is 1. The number of likely N-dealkylation sites (N-methyl/N-ethyl adjacent to an activating group) is 1. The van der Waals surface area contributed by atoms with Crippen LogP contribution in [0.2, 0.25) is 0 Å². The lowest BCUT2D eigenvalue weighted by atomic mass is 10.1. The number of amides is 1. The fourth-order valence-electron chi connectivity index (χ4n) is 2.84. The molecule has 0 aliphatic carbocycles. The van der Waals surface area contributed by atoms with Gasteiger partial charge in [-0.1, -0.05) is 24.3 Å². The van der Waals surface area contributed by atoms with Crippen molar-refractivity contribution in [2.75, 3.05) is 26.0 Å². The molecule has 0 radical (unpaired) electrons. The van der Waals surface area contributed by atoms with E-state index in [2.05, 4.69) is 10.3 Å². The number of methoxy groups -OCH3 is 1. The zero-order valence-corrected chi connectivity index (χ0v) is 16.5. The van der Waals surface area contributed by atoms with E-state index in [1.807, 2.05) is 72.8 Å². The molecule has 6 heteroatoms. The van der Waals surface area contributed by atoms with Gasteiger partial charge >= 0.3 is 0 Å². The summed E-state index contributed by atoms with van der Waals surface area (Å²) >= 11 is 1.62. The molecule has 3 rings (SSSR count). The maximum absolute atomic E-state index is 12.4. The Hall–Kier alpha value is -2.70. The van der Waals surface area contributed by atoms with Crippen LogP contribution in [0.25, 0.3) is 11.3 Å². The molecule has 0 aliphatic heterocycles. The van der Waals surface area contributed by atoms with Crippen LogP contribution in [-0.4, -0.2) is 36.5 Å². The maximum atomic E-state index is 12.4. The molecule has 0 atom stereocenters. The highest BCUT2D eigenvalue weighted by molar-refractivity contribution is 7.09. The summed E-state index contributed by atoms with van der Waals surface area (Å²) in [6.45, 7) is 2.96. The number of carbonyl (C=O) groups is 1. The summed E-state index contributed by atoms with van der Waals surface area (Å²) in [6.07, 6.45) is 0. The number of anilines is 1. The van der Waals surface area contributed by atoms with Gasteiger partial charge in [-0.2, -0.15) is 0 Å². The molecule has 1 amide bonds. The van der Waals surface area contributed by atoms with E-state index in [0.717, 1.165) is 33.3 Å². The van der Waals surface area contributed by atoms with Gasteiger partial charge in [-0.3, -0.25) is 9.69 Å². The van der Waals surface area contributed by atoms with Gasteiger partial charge in [0, 0.05) is 23.2 Å². The highest BCUT2D eigenvalue weighted by Gasteiger charge is 2.09. The Balaban J connectivity index is 1.58. The van der Waals surface area contributed by atoms with Crippen molar-refractivity contribution in [3.05, 3.63) is 64.5 Å². The highest BCUT2D eigenvalue weighted by atomic mass is 32.1. The minimum Gasteiger partial charge on any atom is -0.497 e. The summed E-state index contributed by atoms with van der Waals surface area (Å²) in [4.78, 5) is 18.9. The van der Waals surface area contributed by atoms with Crippen LogP contribution < -0.4 is 10.1 Å². The Morgan fingerprint density at radius 3 is 2.78 bits per heavy atom. The fourth-order valence-corrected chi connectivity index (χ4v) is 3.46. The first-order chi connectivity index (χ1) is 13.0. The second kappa shape index (κ2) is 8.79. The predicted octanol–water partition coefficient (Wildman–Crippen LogP) is 4.20. The molecule has 0 spiro atoms. The van der Waals surface area contributed by atoms with Crippen LogP contribution >= 0.6 is 11.3 Å². The molecule has 2 aromatic carbocycles. The molecule has 0 bridgehead atoms. The van der Waals surface area contributed by atoms with Crippen molar-refractivity contribution >= 4 is 22.9 Å². The molecule has 5 nitrogen and oxygen atoms in total. The number of nitrogens with one attached hydrogen (secondary N) is 1. The van der Waals surface area contributed by atoms with Crippen molar-refractivity contribution in [3.8, 4) is 17.0 Å². The topological polar surface area (TPSA) is 54.5 Å². The first-order valence-electron chi connectivity index (χ1n) is 8.67. The summed E-state index contributed by atoms with van der Waals surface area (Å²) in [5.41, 5.74) is 3.81. The summed E-state index contributed by atoms with van der Waals surface area (Å²) in [7, 11) is 3.57. The number of thiazole rings is 1. The number of hydrogen-bond acceptors (Lipinski definition) is 5. The third-order valence-corrected chi connectivity index (χ3v) is 4.83. The van der Waals surface area contributed by atoms with Crippen molar-refractivity contribution in [1.29, 1.82) is 0 Å². The zero-order valence-electron chi connectivity index (χ0n) is 15.7. The van der Waals surface area contributed by atoms with E-state index in [-0.39, 0.29) is 5.91 Å². The van der Waals surface area contributed by atoms with E-state index in [1.54, 1.807) is 18.4 Å². The van der Waals surface area contributed by atoms with Gasteiger partial charge in [-0.25, -0.2) is 4.98 Å². The molecule has 3 aromatic rings. The van der Waals surface area contributed by atoms with Gasteiger partial charge in [0.1, 0.15) is 5.75 Å². The number of hydrogen-bond donors (Lipinski definition) is 1. The Morgan fingerprint density at radius 1 is 1.22 bits per heavy atom. The Bertz CT molecular complexity index is 923. The van der Waals surface area contributed by atoms with Gasteiger partial charge < -0.3 is 10.1 Å². The fraction of sp³-hybridized carbons (Fsp3) is 0.238. The molecule has 0 unspecified atom stereocenters. The molecular formula is C21H23N3O2S. The molecule has 0 aliphatic rings. The molecule has 0 fully saturated rings. The van der Waals surface area contributed by atoms with Gasteiger partial charge in [0.2, 0.25) is 5.91 Å². The number of rotatable bonds is 7. The van der Waals surface area contributed by atoms with Crippen molar-refractivity contribution in [2.45, 2.75) is 13.5 Å². The lowest BCUT2D eigenvalue weighted by Gasteiger charge is -2.17. The molecule has 0 saturated heterocycles. The lowest BCUT2D eigenvalue weighted by Crippen LogP contribution is -2.29. The third-order valence-electron chi connectivity index (χ3n) is 4.06. The Kier molecular flexibility index (Phi) is 6.21. The first-order valence-corrected chi connectivity index (χ1v) is 9.55. The molecule has 1 N–H and O–H groups in total. The van der Waals surface area contributed by atoms with Gasteiger partial charge in [-0.05, 0) is 43.8 Å². The van der Waals surface area contributed by atoms with Crippen LogP contribution in [0.5, 0.6) is 5.75 Å². The van der Waals surface area contributed by atoms with E-state index < -0.39 is 0 Å². The average Bonchev–Trinajstić information content (AvgIpc) is 3.08. The number of benzene rings is 2. The normalized spacial score (nSPS) is 10.8. The Labute approximate surface area is 163 Å². The van der Waals surface area contributed by atoms with Crippen LogP contribution in [0.3, 0.4) is 0 Å². The quantitative estimate of drug-likeness (QED) is 0.666. The molecule has 1 heterocycles. The van der Waals surface area contributed by atoms with Crippen molar-refractivity contribution < 1.29 is 9.53 Å². The van der Waals surface area contributed by atoms with Crippen molar-refractivity contribution in [3.63, 3.8) is 0 Å². The van der Waals surface area contributed by atoms with Crippen LogP contribution in [0.15, 0.2) is 53.9 Å². The molecule has 27 heavy (non-hydrogen) atoms. The van der Waals surface area contributed by atoms with E-state index >= 15 is 0 Å². The second-order valence-electron chi connectivity index (χ2n) is 6.40. The minimum atomic E-state index is -0.0491. The zero-order chi connectivity index (χ0) is 19.2. The van der Waals surface area contributed by atoms with Crippen molar-refractivity contribution in [1.82, 2.24) is 9.88 Å². The lowest BCUT2D eigenvalue weighted by molar-refractivity contribution is -0.117.